The number of nitrogens with two attached hydrogens (primary N) is 2. The Morgan fingerprint density at radius 2 is 1.57 bits per heavy atom. The number of aliphatic hydroxyl groups is 1. The Balaban J connectivity index is 2.77. The molecule has 0 saturated carbocycles. The molecule has 12 nitrogen and oxygen atoms in total. The first kappa shape index (κ1) is 30.2. The van der Waals surface area contributed by atoms with E-state index in [-0.39, 0.29) is 24.3 Å². The zero-order valence-electron chi connectivity index (χ0n) is 19.5. The Bertz CT molecular complexity index is 853. The van der Waals surface area contributed by atoms with Gasteiger partial charge in [-0.05, 0) is 56.8 Å². The van der Waals surface area contributed by atoms with Crippen molar-refractivity contribution in [3.63, 3.8) is 0 Å². The minimum absolute atomic E-state index is 0.0608. The topological polar surface area (TPSA) is 217 Å². The van der Waals surface area contributed by atoms with E-state index in [0.29, 0.717) is 24.9 Å². The van der Waals surface area contributed by atoms with E-state index in [2.05, 4.69) is 28.6 Å². The fourth-order valence-corrected chi connectivity index (χ4v) is 3.38. The van der Waals surface area contributed by atoms with Crippen LogP contribution in [-0.4, -0.2) is 81.6 Å². The third kappa shape index (κ3) is 10.5. The van der Waals surface area contributed by atoms with Crippen LogP contribution in [0.2, 0.25) is 0 Å². The van der Waals surface area contributed by atoms with Gasteiger partial charge in [0.1, 0.15) is 23.9 Å². The molecule has 10 N–H and O–H groups in total. The van der Waals surface area contributed by atoms with Crippen LogP contribution in [0.5, 0.6) is 5.75 Å². The maximum absolute atomic E-state index is 12.7. The van der Waals surface area contributed by atoms with Crippen molar-refractivity contribution in [2.75, 3.05) is 12.3 Å². The van der Waals surface area contributed by atoms with E-state index in [9.17, 15) is 34.5 Å². The zero-order valence-corrected chi connectivity index (χ0v) is 20.4. The number of benzene rings is 1. The van der Waals surface area contributed by atoms with Crippen molar-refractivity contribution >= 4 is 36.3 Å². The number of phenolic OH excluding ortho intramolecular Hbond substituents is 1. The lowest BCUT2D eigenvalue weighted by molar-refractivity contribution is -0.142. The second-order valence-corrected chi connectivity index (χ2v) is 8.50. The molecule has 0 aliphatic rings. The number of phenols is 1. The summed E-state index contributed by atoms with van der Waals surface area (Å²) in [6.45, 7) is 1.67. The summed E-state index contributed by atoms with van der Waals surface area (Å²) in [5.41, 5.74) is 12.0. The summed E-state index contributed by atoms with van der Waals surface area (Å²) < 4.78 is 0. The molecule has 0 radical (unpaired) electrons. The molecule has 196 valence electrons. The van der Waals surface area contributed by atoms with Crippen LogP contribution in [-0.2, 0) is 25.6 Å². The van der Waals surface area contributed by atoms with Crippen molar-refractivity contribution in [1.82, 2.24) is 16.0 Å². The van der Waals surface area contributed by atoms with Gasteiger partial charge in [-0.2, -0.15) is 12.6 Å². The van der Waals surface area contributed by atoms with Crippen LogP contribution < -0.4 is 27.4 Å². The molecule has 13 heteroatoms. The summed E-state index contributed by atoms with van der Waals surface area (Å²) in [5, 5.41) is 35.8. The molecular weight excluding hydrogens is 478 g/mol. The molecular formula is C22H35N5O7S. The summed E-state index contributed by atoms with van der Waals surface area (Å²) in [6, 6.07) is 1.22. The van der Waals surface area contributed by atoms with Gasteiger partial charge < -0.3 is 42.7 Å². The minimum atomic E-state index is -1.43. The zero-order chi connectivity index (χ0) is 26.5. The maximum Gasteiger partial charge on any atom is 0.326 e. The number of hydrogen-bond acceptors (Lipinski definition) is 9. The molecule has 5 atom stereocenters. The fraction of sp³-hybridized carbons (Fsp3) is 0.545. The number of aliphatic hydroxyl groups excluding tert-OH is 1. The summed E-state index contributed by atoms with van der Waals surface area (Å²) in [5.74, 6) is -3.67. The summed E-state index contributed by atoms with van der Waals surface area (Å²) in [7, 11) is 0. The van der Waals surface area contributed by atoms with Gasteiger partial charge in [-0.3, -0.25) is 14.4 Å². The minimum Gasteiger partial charge on any atom is -0.508 e. The number of unbranched alkanes of at least 4 members (excludes halogenated alkanes) is 1. The number of nitrogens with one attached hydrogen (secondary N) is 3. The van der Waals surface area contributed by atoms with Crippen LogP contribution in [0.25, 0.3) is 0 Å². The Morgan fingerprint density at radius 1 is 0.971 bits per heavy atom. The third-order valence-electron chi connectivity index (χ3n) is 5.17. The van der Waals surface area contributed by atoms with Gasteiger partial charge in [0.2, 0.25) is 17.7 Å². The van der Waals surface area contributed by atoms with Crippen molar-refractivity contribution in [3.05, 3.63) is 29.8 Å². The molecule has 3 amide bonds. The van der Waals surface area contributed by atoms with E-state index in [1.807, 2.05) is 0 Å². The molecule has 0 heterocycles. The lowest BCUT2D eigenvalue weighted by Crippen LogP contribution is -2.60. The number of carboxylic acid groups (broad SMARTS) is 1. The maximum atomic E-state index is 12.7. The molecule has 1 aromatic rings. The molecule has 1 rings (SSSR count). The van der Waals surface area contributed by atoms with Crippen molar-refractivity contribution in [3.8, 4) is 5.75 Å². The predicted molar refractivity (Wildman–Crippen MR) is 132 cm³/mol. The lowest BCUT2D eigenvalue weighted by atomic mass is 10.0. The van der Waals surface area contributed by atoms with Gasteiger partial charge in [-0.15, -0.1) is 0 Å². The van der Waals surface area contributed by atoms with E-state index in [0.717, 1.165) is 0 Å². The van der Waals surface area contributed by atoms with E-state index in [4.69, 9.17) is 11.5 Å². The highest BCUT2D eigenvalue weighted by atomic mass is 32.1. The number of amides is 3. The van der Waals surface area contributed by atoms with E-state index in [1.54, 1.807) is 12.1 Å². The van der Waals surface area contributed by atoms with Crippen molar-refractivity contribution in [2.24, 2.45) is 11.5 Å². The van der Waals surface area contributed by atoms with E-state index < -0.39 is 54.0 Å². The number of rotatable bonds is 15. The smallest absolute Gasteiger partial charge is 0.326 e. The number of carboxylic acids is 1. The fourth-order valence-electron chi connectivity index (χ4n) is 3.12. The van der Waals surface area contributed by atoms with Gasteiger partial charge in [0.05, 0.1) is 12.1 Å². The summed E-state index contributed by atoms with van der Waals surface area (Å²) in [6.07, 6.45) is 0.0364. The van der Waals surface area contributed by atoms with Crippen LogP contribution in [0.15, 0.2) is 24.3 Å². The molecule has 0 bridgehead atoms. The Labute approximate surface area is 209 Å². The highest BCUT2D eigenvalue weighted by Crippen LogP contribution is 2.11. The van der Waals surface area contributed by atoms with Crippen LogP contribution in [0.3, 0.4) is 0 Å². The molecule has 5 unspecified atom stereocenters. The normalized spacial score (nSPS) is 15.2. The van der Waals surface area contributed by atoms with Gasteiger partial charge in [0, 0.05) is 5.75 Å². The first-order chi connectivity index (χ1) is 16.5. The quantitative estimate of drug-likeness (QED) is 0.0957. The molecule has 0 aliphatic heterocycles. The number of hydrogen-bond donors (Lipinski definition) is 9. The summed E-state index contributed by atoms with van der Waals surface area (Å²) in [4.78, 5) is 49.3. The van der Waals surface area contributed by atoms with Crippen molar-refractivity contribution in [2.45, 2.75) is 62.9 Å². The van der Waals surface area contributed by atoms with Crippen LogP contribution >= 0.6 is 12.6 Å². The molecule has 0 saturated heterocycles. The third-order valence-corrected chi connectivity index (χ3v) is 5.53. The van der Waals surface area contributed by atoms with Gasteiger partial charge in [-0.1, -0.05) is 12.1 Å². The highest BCUT2D eigenvalue weighted by molar-refractivity contribution is 7.80. The number of aliphatic carboxylic acids is 1. The first-order valence-electron chi connectivity index (χ1n) is 11.2. The molecule has 0 aliphatic carbocycles. The Hall–Kier alpha value is -2.87. The van der Waals surface area contributed by atoms with Gasteiger partial charge in [0.15, 0.2) is 0 Å². The molecule has 0 aromatic heterocycles. The second-order valence-electron chi connectivity index (χ2n) is 8.13. The average Bonchev–Trinajstić information content (AvgIpc) is 2.80. The van der Waals surface area contributed by atoms with E-state index in [1.165, 1.54) is 19.1 Å². The van der Waals surface area contributed by atoms with Crippen LogP contribution in [0, 0.1) is 0 Å². The van der Waals surface area contributed by atoms with Crippen molar-refractivity contribution in [1.29, 1.82) is 0 Å². The number of thiol groups is 1. The lowest BCUT2D eigenvalue weighted by Gasteiger charge is -2.26. The average molecular weight is 514 g/mol. The van der Waals surface area contributed by atoms with Crippen molar-refractivity contribution < 1.29 is 34.5 Å². The number of carbonyl (C=O) groups excluding carboxylic acids is 3. The number of aromatic hydroxyl groups is 1. The molecule has 35 heavy (non-hydrogen) atoms. The van der Waals surface area contributed by atoms with Crippen LogP contribution in [0.1, 0.15) is 31.7 Å². The predicted octanol–water partition coefficient (Wildman–Crippen LogP) is -1.76. The monoisotopic (exact) mass is 513 g/mol. The van der Waals surface area contributed by atoms with E-state index >= 15 is 0 Å². The Morgan fingerprint density at radius 3 is 2.09 bits per heavy atom. The number of carbonyl (C=O) groups is 4. The van der Waals surface area contributed by atoms with Crippen LogP contribution in [0.4, 0.5) is 0 Å². The second kappa shape index (κ2) is 15.2. The largest absolute Gasteiger partial charge is 0.508 e. The summed E-state index contributed by atoms with van der Waals surface area (Å²) >= 11 is 4.05. The van der Waals surface area contributed by atoms with Gasteiger partial charge in [-0.25, -0.2) is 4.79 Å². The van der Waals surface area contributed by atoms with Gasteiger partial charge >= 0.3 is 5.97 Å². The first-order valence-corrected chi connectivity index (χ1v) is 11.8. The molecule has 0 fully saturated rings. The standard InChI is InChI=1S/C22H35N5O7S/c1-12(28)18(27-19(30)15(24)10-13-5-7-14(29)8-6-13)21(32)26-17(11-35)20(31)25-16(22(33)34)4-2-3-9-23/h5-8,12,15-18,28-29,35H,2-4,9-11,23-24H2,1H3,(H,25,31)(H,26,32)(H,27,30)(H,33,34). The Kier molecular flexibility index (Phi) is 13.1. The highest BCUT2D eigenvalue weighted by Gasteiger charge is 2.32. The SMILES string of the molecule is CC(O)C(NC(=O)C(N)Cc1ccc(O)cc1)C(=O)NC(CS)C(=O)NC(CCCCN)C(=O)O. The molecule has 1 aromatic carbocycles. The van der Waals surface area contributed by atoms with Gasteiger partial charge in [0.25, 0.3) is 0 Å². The molecule has 0 spiro atoms.